The lowest BCUT2D eigenvalue weighted by Crippen LogP contribution is -2.41. The molecule has 1 amide bonds. The van der Waals surface area contributed by atoms with Crippen LogP contribution in [-0.2, 0) is 21.0 Å². The predicted octanol–water partition coefficient (Wildman–Crippen LogP) is 4.57. The molecule has 1 saturated heterocycles. The number of rotatable bonds is 4. The van der Waals surface area contributed by atoms with Gasteiger partial charge in [0.05, 0.1) is 5.56 Å². The molecule has 0 spiro atoms. The molecular weight excluding hydrogens is 481 g/mol. The molecule has 2 aromatic rings. The van der Waals surface area contributed by atoms with Crippen LogP contribution in [0.2, 0.25) is 0 Å². The first-order valence-electron chi connectivity index (χ1n) is 8.30. The number of halogens is 4. The number of hydrogen-bond donors (Lipinski definition) is 1. The van der Waals surface area contributed by atoms with Gasteiger partial charge in [0.2, 0.25) is 5.91 Å². The van der Waals surface area contributed by atoms with Gasteiger partial charge in [-0.3, -0.25) is 4.79 Å². The van der Waals surface area contributed by atoms with Crippen molar-refractivity contribution in [1.29, 1.82) is 0 Å². The Morgan fingerprint density at radius 2 is 1.89 bits per heavy atom. The van der Waals surface area contributed by atoms with Gasteiger partial charge < -0.3 is 5.32 Å². The number of nitrogens with one attached hydrogen (secondary N) is 1. The number of thiophene rings is 1. The lowest BCUT2D eigenvalue weighted by Gasteiger charge is -2.30. The predicted molar refractivity (Wildman–Crippen MR) is 104 cm³/mol. The summed E-state index contributed by atoms with van der Waals surface area (Å²) in [6.45, 7) is 0.374. The van der Waals surface area contributed by atoms with Crippen molar-refractivity contribution in [2.45, 2.75) is 23.2 Å². The second-order valence-corrected chi connectivity index (χ2v) is 10.3. The van der Waals surface area contributed by atoms with E-state index in [2.05, 4.69) is 21.2 Å². The van der Waals surface area contributed by atoms with Gasteiger partial charge in [-0.05, 0) is 42.5 Å². The number of alkyl halides is 3. The number of carbonyl (C=O) groups is 1. The maximum atomic E-state index is 13.0. The van der Waals surface area contributed by atoms with E-state index in [1.165, 1.54) is 22.5 Å². The second-order valence-electron chi connectivity index (χ2n) is 6.29. The van der Waals surface area contributed by atoms with Crippen molar-refractivity contribution in [3.05, 3.63) is 45.7 Å². The van der Waals surface area contributed by atoms with Gasteiger partial charge in [-0.1, -0.05) is 22.0 Å². The number of anilines is 1. The molecule has 2 heterocycles. The van der Waals surface area contributed by atoms with Gasteiger partial charge in [-0.2, -0.15) is 17.5 Å². The molecule has 0 radical (unpaired) electrons. The molecule has 3 rings (SSSR count). The minimum atomic E-state index is -4.54. The Morgan fingerprint density at radius 3 is 2.46 bits per heavy atom. The van der Waals surface area contributed by atoms with E-state index in [1.54, 1.807) is 11.4 Å². The highest BCUT2D eigenvalue weighted by Crippen LogP contribution is 2.36. The molecule has 1 aromatic heterocycles. The Hall–Kier alpha value is -1.43. The molecule has 1 fully saturated rings. The third-order valence-corrected chi connectivity index (χ3v) is 8.42. The largest absolute Gasteiger partial charge is 0.417 e. The van der Waals surface area contributed by atoms with Crippen molar-refractivity contribution < 1.29 is 26.4 Å². The Bertz CT molecular complexity index is 955. The summed E-state index contributed by atoms with van der Waals surface area (Å²) in [6.07, 6.45) is -3.93. The third kappa shape index (κ3) is 4.58. The van der Waals surface area contributed by atoms with Crippen LogP contribution in [0.15, 0.2) is 44.4 Å². The van der Waals surface area contributed by atoms with Crippen molar-refractivity contribution in [1.82, 2.24) is 4.31 Å². The van der Waals surface area contributed by atoms with E-state index in [0.717, 1.165) is 17.4 Å². The molecule has 152 valence electrons. The first kappa shape index (κ1) is 21.3. The summed E-state index contributed by atoms with van der Waals surface area (Å²) in [7, 11) is -3.56. The molecule has 0 unspecified atom stereocenters. The normalized spacial score (nSPS) is 16.9. The molecule has 0 saturated carbocycles. The average molecular weight is 497 g/mol. The molecule has 28 heavy (non-hydrogen) atoms. The summed E-state index contributed by atoms with van der Waals surface area (Å²) in [5, 5.41) is 4.19. The zero-order valence-corrected chi connectivity index (χ0v) is 17.6. The Kier molecular flexibility index (Phi) is 6.18. The molecule has 11 heteroatoms. The summed E-state index contributed by atoms with van der Waals surface area (Å²) in [5.41, 5.74) is -0.823. The van der Waals surface area contributed by atoms with Crippen LogP contribution in [0.5, 0.6) is 0 Å². The van der Waals surface area contributed by atoms with Crippen LogP contribution in [0.3, 0.4) is 0 Å². The van der Waals surface area contributed by atoms with Crippen molar-refractivity contribution in [3.8, 4) is 0 Å². The van der Waals surface area contributed by atoms with Gasteiger partial charge in [0.25, 0.3) is 10.0 Å². The molecule has 1 aromatic carbocycles. The van der Waals surface area contributed by atoms with Crippen LogP contribution in [0.25, 0.3) is 0 Å². The zero-order chi connectivity index (χ0) is 20.5. The fourth-order valence-corrected chi connectivity index (χ4v) is 6.05. The highest BCUT2D eigenvalue weighted by Gasteiger charge is 2.34. The monoisotopic (exact) mass is 496 g/mol. The second kappa shape index (κ2) is 8.13. The molecule has 0 aliphatic carbocycles. The van der Waals surface area contributed by atoms with Crippen LogP contribution >= 0.6 is 27.3 Å². The van der Waals surface area contributed by atoms with Crippen molar-refractivity contribution in [2.75, 3.05) is 18.4 Å². The van der Waals surface area contributed by atoms with E-state index in [1.807, 2.05) is 0 Å². The van der Waals surface area contributed by atoms with Crippen LogP contribution < -0.4 is 5.32 Å². The van der Waals surface area contributed by atoms with Crippen LogP contribution in [0, 0.1) is 5.92 Å². The Morgan fingerprint density at radius 1 is 1.21 bits per heavy atom. The summed E-state index contributed by atoms with van der Waals surface area (Å²) < 4.78 is 65.5. The van der Waals surface area contributed by atoms with E-state index >= 15 is 0 Å². The highest BCUT2D eigenvalue weighted by atomic mass is 79.9. The smallest absolute Gasteiger partial charge is 0.326 e. The third-order valence-electron chi connectivity index (χ3n) is 4.45. The molecular formula is C17H16BrF3N2O3S2. The number of amides is 1. The van der Waals surface area contributed by atoms with Gasteiger partial charge in [-0.25, -0.2) is 8.42 Å². The molecule has 0 atom stereocenters. The summed E-state index contributed by atoms with van der Waals surface area (Å²) >= 11 is 3.99. The maximum Gasteiger partial charge on any atom is 0.417 e. The van der Waals surface area contributed by atoms with Crippen molar-refractivity contribution in [2.24, 2.45) is 5.92 Å². The van der Waals surface area contributed by atoms with E-state index in [-0.39, 0.29) is 27.5 Å². The van der Waals surface area contributed by atoms with Crippen LogP contribution in [-0.4, -0.2) is 31.7 Å². The molecule has 1 aliphatic rings. The first-order chi connectivity index (χ1) is 13.1. The Balaban J connectivity index is 1.63. The summed E-state index contributed by atoms with van der Waals surface area (Å²) in [4.78, 5) is 12.4. The van der Waals surface area contributed by atoms with E-state index in [9.17, 15) is 26.4 Å². The molecule has 1 N–H and O–H groups in total. The fourth-order valence-electron chi connectivity index (χ4n) is 2.96. The van der Waals surface area contributed by atoms with Crippen molar-refractivity contribution >= 4 is 48.9 Å². The van der Waals surface area contributed by atoms with Gasteiger partial charge >= 0.3 is 6.18 Å². The van der Waals surface area contributed by atoms with Gasteiger partial charge in [0.15, 0.2) is 0 Å². The van der Waals surface area contributed by atoms with Gasteiger partial charge in [0.1, 0.15) is 4.21 Å². The van der Waals surface area contributed by atoms with Gasteiger partial charge in [-0.15, -0.1) is 11.3 Å². The van der Waals surface area contributed by atoms with E-state index in [0.29, 0.717) is 12.8 Å². The van der Waals surface area contributed by atoms with E-state index < -0.39 is 33.6 Å². The fraction of sp³-hybridized carbons (Fsp3) is 0.353. The lowest BCUT2D eigenvalue weighted by molar-refractivity contribution is -0.138. The van der Waals surface area contributed by atoms with Crippen molar-refractivity contribution in [3.63, 3.8) is 0 Å². The molecule has 5 nitrogen and oxygen atoms in total. The maximum absolute atomic E-state index is 13.0. The topological polar surface area (TPSA) is 66.5 Å². The quantitative estimate of drug-likeness (QED) is 0.674. The van der Waals surface area contributed by atoms with Crippen LogP contribution in [0.1, 0.15) is 18.4 Å². The zero-order valence-electron chi connectivity index (χ0n) is 14.4. The molecule has 1 aliphatic heterocycles. The van der Waals surface area contributed by atoms with E-state index in [4.69, 9.17) is 0 Å². The number of nitrogens with zero attached hydrogens (tertiary/aromatic N) is 1. The summed E-state index contributed by atoms with van der Waals surface area (Å²) in [5.74, 6) is -0.878. The first-order valence-corrected chi connectivity index (χ1v) is 11.4. The van der Waals surface area contributed by atoms with Crippen LogP contribution in [0.4, 0.5) is 18.9 Å². The lowest BCUT2D eigenvalue weighted by atomic mass is 9.97. The standard InChI is InChI=1S/C17H16BrF3N2O3S2/c18-14-4-3-12(10-13(14)17(19,20)21)22-16(24)11-5-7-23(8-6-11)28(25,26)15-2-1-9-27-15/h1-4,9-11H,5-8H2,(H,22,24). The Labute approximate surface area is 172 Å². The number of piperidine rings is 1. The van der Waals surface area contributed by atoms with Gasteiger partial charge in [0, 0.05) is 29.2 Å². The number of benzene rings is 1. The number of hydrogen-bond acceptors (Lipinski definition) is 4. The number of sulfonamides is 1. The number of carbonyl (C=O) groups excluding carboxylic acids is 1. The minimum absolute atomic E-state index is 0.0501. The highest BCUT2D eigenvalue weighted by molar-refractivity contribution is 9.10. The average Bonchev–Trinajstić information content (AvgIpc) is 3.18. The summed E-state index contributed by atoms with van der Waals surface area (Å²) in [6, 6.07) is 6.68. The molecule has 0 bridgehead atoms. The SMILES string of the molecule is O=C(Nc1ccc(Br)c(C(F)(F)F)c1)C1CCN(S(=O)(=O)c2cccs2)CC1. The minimum Gasteiger partial charge on any atom is -0.326 e.